The minimum Gasteiger partial charge on any atom is -0.369 e. The highest BCUT2D eigenvalue weighted by molar-refractivity contribution is 5.97. The lowest BCUT2D eigenvalue weighted by molar-refractivity contribution is 0.100. The summed E-state index contributed by atoms with van der Waals surface area (Å²) in [6, 6.07) is 5.84. The molecule has 6 nitrogen and oxygen atoms in total. The van der Waals surface area contributed by atoms with Crippen LogP contribution in [0.5, 0.6) is 0 Å². The Bertz CT molecular complexity index is 577. The average molecular weight is 243 g/mol. The fraction of sp³-hybridized carbons (Fsp3) is 0.250. The van der Waals surface area contributed by atoms with E-state index in [-0.39, 0.29) is 6.04 Å². The van der Waals surface area contributed by atoms with Gasteiger partial charge in [-0.1, -0.05) is 6.07 Å². The largest absolute Gasteiger partial charge is 0.369 e. The lowest BCUT2D eigenvalue weighted by Gasteiger charge is -2.25. The van der Waals surface area contributed by atoms with Crippen molar-refractivity contribution in [3.05, 3.63) is 41.9 Å². The molecule has 6 heteroatoms. The predicted molar refractivity (Wildman–Crippen MR) is 66.2 cm³/mol. The van der Waals surface area contributed by atoms with E-state index in [0.717, 1.165) is 18.7 Å². The summed E-state index contributed by atoms with van der Waals surface area (Å²) in [6.07, 6.45) is 4.14. The van der Waals surface area contributed by atoms with E-state index < -0.39 is 5.91 Å². The number of primary amides is 1. The molecular formula is C12H13N5O. The summed E-state index contributed by atoms with van der Waals surface area (Å²) in [7, 11) is 0. The zero-order chi connectivity index (χ0) is 12.5. The van der Waals surface area contributed by atoms with Crippen LogP contribution in [0, 0.1) is 0 Å². The molecule has 0 bridgehead atoms. The molecular weight excluding hydrogens is 230 g/mol. The van der Waals surface area contributed by atoms with Gasteiger partial charge in [-0.3, -0.25) is 9.78 Å². The lowest BCUT2D eigenvalue weighted by atomic mass is 10.1. The van der Waals surface area contributed by atoms with Crippen LogP contribution in [0.1, 0.15) is 28.5 Å². The van der Waals surface area contributed by atoms with Gasteiger partial charge >= 0.3 is 0 Å². The van der Waals surface area contributed by atoms with Gasteiger partial charge < -0.3 is 11.1 Å². The molecule has 0 aromatic carbocycles. The van der Waals surface area contributed by atoms with Gasteiger partial charge in [-0.25, -0.2) is 4.68 Å². The van der Waals surface area contributed by atoms with Gasteiger partial charge in [-0.2, -0.15) is 5.10 Å². The maximum atomic E-state index is 11.3. The van der Waals surface area contributed by atoms with Crippen LogP contribution >= 0.6 is 0 Å². The Morgan fingerprint density at radius 2 is 2.39 bits per heavy atom. The number of carbonyl (C=O) groups is 1. The van der Waals surface area contributed by atoms with Crippen LogP contribution in [0.4, 0.5) is 5.82 Å². The van der Waals surface area contributed by atoms with E-state index in [9.17, 15) is 4.79 Å². The molecule has 1 unspecified atom stereocenters. The van der Waals surface area contributed by atoms with Crippen LogP contribution in [0.25, 0.3) is 0 Å². The molecule has 0 spiro atoms. The minimum atomic E-state index is -0.467. The Morgan fingerprint density at radius 3 is 3.11 bits per heavy atom. The third-order valence-corrected chi connectivity index (χ3v) is 3.10. The minimum absolute atomic E-state index is 0.0514. The maximum absolute atomic E-state index is 11.3. The number of fused-ring (bicyclic) bond motifs is 1. The van der Waals surface area contributed by atoms with Gasteiger partial charge in [0.05, 0.1) is 17.9 Å². The van der Waals surface area contributed by atoms with Gasteiger partial charge in [-0.05, 0) is 18.6 Å². The molecule has 1 aliphatic rings. The van der Waals surface area contributed by atoms with Crippen LogP contribution in [0.15, 0.2) is 30.6 Å². The summed E-state index contributed by atoms with van der Waals surface area (Å²) in [5, 5.41) is 7.41. The molecule has 92 valence electrons. The molecule has 0 saturated carbocycles. The van der Waals surface area contributed by atoms with Crippen molar-refractivity contribution in [1.82, 2.24) is 14.8 Å². The Kier molecular flexibility index (Phi) is 2.47. The predicted octanol–water partition coefficient (Wildman–Crippen LogP) is 0.782. The van der Waals surface area contributed by atoms with Crippen molar-refractivity contribution in [2.24, 2.45) is 5.73 Å². The van der Waals surface area contributed by atoms with E-state index in [2.05, 4.69) is 15.4 Å². The van der Waals surface area contributed by atoms with Gasteiger partial charge in [-0.15, -0.1) is 0 Å². The highest BCUT2D eigenvalue weighted by Crippen LogP contribution is 2.29. The molecule has 1 aliphatic heterocycles. The molecule has 0 aliphatic carbocycles. The Morgan fingerprint density at radius 1 is 1.50 bits per heavy atom. The molecule has 0 saturated heterocycles. The highest BCUT2D eigenvalue weighted by Gasteiger charge is 2.26. The normalized spacial score (nSPS) is 17.9. The molecule has 2 aromatic rings. The Labute approximate surface area is 104 Å². The molecule has 1 atom stereocenters. The highest BCUT2D eigenvalue weighted by atomic mass is 16.1. The molecule has 2 aromatic heterocycles. The van der Waals surface area contributed by atoms with Gasteiger partial charge in [0.15, 0.2) is 0 Å². The van der Waals surface area contributed by atoms with Crippen molar-refractivity contribution in [1.29, 1.82) is 0 Å². The second kappa shape index (κ2) is 4.14. The first kappa shape index (κ1) is 10.8. The van der Waals surface area contributed by atoms with Gasteiger partial charge in [0, 0.05) is 12.7 Å². The number of amides is 1. The first-order chi connectivity index (χ1) is 8.77. The first-order valence-corrected chi connectivity index (χ1v) is 5.79. The second-order valence-electron chi connectivity index (χ2n) is 4.20. The fourth-order valence-corrected chi connectivity index (χ4v) is 2.25. The molecule has 18 heavy (non-hydrogen) atoms. The number of anilines is 1. The van der Waals surface area contributed by atoms with E-state index in [1.54, 1.807) is 10.9 Å². The summed E-state index contributed by atoms with van der Waals surface area (Å²) in [5.74, 6) is 0.217. The average Bonchev–Trinajstić information content (AvgIpc) is 2.83. The van der Waals surface area contributed by atoms with Gasteiger partial charge in [0.25, 0.3) is 5.91 Å². The number of nitrogens with two attached hydrogens (primary N) is 1. The van der Waals surface area contributed by atoms with E-state index >= 15 is 0 Å². The molecule has 0 radical (unpaired) electrons. The maximum Gasteiger partial charge on any atom is 0.254 e. The lowest BCUT2D eigenvalue weighted by Crippen LogP contribution is -2.26. The summed E-state index contributed by atoms with van der Waals surface area (Å²) in [6.45, 7) is 0.771. The monoisotopic (exact) mass is 243 g/mol. The number of hydrogen-bond donors (Lipinski definition) is 2. The molecule has 3 N–H and O–H groups in total. The van der Waals surface area contributed by atoms with Crippen molar-refractivity contribution >= 4 is 11.7 Å². The number of nitrogens with zero attached hydrogens (tertiary/aromatic N) is 3. The van der Waals surface area contributed by atoms with Gasteiger partial charge in [0.2, 0.25) is 0 Å². The molecule has 3 heterocycles. The van der Waals surface area contributed by atoms with Crippen LogP contribution in [-0.4, -0.2) is 27.2 Å². The van der Waals surface area contributed by atoms with E-state index in [4.69, 9.17) is 5.73 Å². The topological polar surface area (TPSA) is 85.8 Å². The van der Waals surface area contributed by atoms with Crippen LogP contribution in [0.3, 0.4) is 0 Å². The third-order valence-electron chi connectivity index (χ3n) is 3.10. The fourth-order valence-electron chi connectivity index (χ4n) is 2.25. The standard InChI is InChI=1S/C12H13N5O/c13-11(18)8-7-16-17-10(4-6-15-12(8)17)9-3-1-2-5-14-9/h1-3,5,7,10,15H,4,6H2,(H2,13,18). The second-order valence-corrected chi connectivity index (χ2v) is 4.20. The number of pyridine rings is 1. The Balaban J connectivity index is 2.06. The number of carbonyl (C=O) groups excluding carboxylic acids is 1. The van der Waals surface area contributed by atoms with Gasteiger partial charge in [0.1, 0.15) is 11.4 Å². The van der Waals surface area contributed by atoms with E-state index in [1.807, 2.05) is 18.2 Å². The summed E-state index contributed by atoms with van der Waals surface area (Å²) in [5.41, 5.74) is 6.69. The third kappa shape index (κ3) is 1.62. The zero-order valence-corrected chi connectivity index (χ0v) is 9.71. The zero-order valence-electron chi connectivity index (χ0n) is 9.71. The SMILES string of the molecule is NC(=O)c1cnn2c1NCCC2c1ccccn1. The van der Waals surface area contributed by atoms with Crippen LogP contribution < -0.4 is 11.1 Å². The first-order valence-electron chi connectivity index (χ1n) is 5.79. The smallest absolute Gasteiger partial charge is 0.254 e. The van der Waals surface area contributed by atoms with Crippen molar-refractivity contribution in [3.63, 3.8) is 0 Å². The van der Waals surface area contributed by atoms with E-state index in [0.29, 0.717) is 11.4 Å². The van der Waals surface area contributed by atoms with Crippen molar-refractivity contribution in [2.45, 2.75) is 12.5 Å². The summed E-state index contributed by atoms with van der Waals surface area (Å²) >= 11 is 0. The number of hydrogen-bond acceptors (Lipinski definition) is 4. The molecule has 3 rings (SSSR count). The molecule has 0 fully saturated rings. The number of aromatic nitrogens is 3. The molecule has 1 amide bonds. The van der Waals surface area contributed by atoms with Crippen molar-refractivity contribution < 1.29 is 4.79 Å². The van der Waals surface area contributed by atoms with Crippen molar-refractivity contribution in [2.75, 3.05) is 11.9 Å². The Hall–Kier alpha value is -2.37. The van der Waals surface area contributed by atoms with Crippen LogP contribution in [0.2, 0.25) is 0 Å². The number of nitrogens with one attached hydrogen (secondary N) is 1. The van der Waals surface area contributed by atoms with E-state index in [1.165, 1.54) is 6.20 Å². The van der Waals surface area contributed by atoms with Crippen molar-refractivity contribution in [3.8, 4) is 0 Å². The number of rotatable bonds is 2. The summed E-state index contributed by atoms with van der Waals surface area (Å²) in [4.78, 5) is 15.6. The van der Waals surface area contributed by atoms with Crippen LogP contribution in [-0.2, 0) is 0 Å². The summed E-state index contributed by atoms with van der Waals surface area (Å²) < 4.78 is 1.78. The quantitative estimate of drug-likeness (QED) is 0.816.